The van der Waals surface area contributed by atoms with Crippen LogP contribution in [0.5, 0.6) is 5.75 Å². The molecular formula is C53H67Cl2N9O16. The van der Waals surface area contributed by atoms with Crippen LogP contribution in [0, 0.1) is 5.92 Å². The average Bonchev–Trinajstić information content (AvgIpc) is 4.14. The van der Waals surface area contributed by atoms with Gasteiger partial charge in [0.2, 0.25) is 41.4 Å². The number of aliphatic hydroxyl groups excluding tert-OH is 1. The second kappa shape index (κ2) is 28.5. The molecule has 2 saturated heterocycles. The van der Waals surface area contributed by atoms with Crippen molar-refractivity contribution in [3.05, 3.63) is 99.8 Å². The maximum Gasteiger partial charge on any atom is 0.331 e. The normalized spacial score (nSPS) is 24.5. The number of benzene rings is 2. The predicted molar refractivity (Wildman–Crippen MR) is 286 cm³/mol. The third-order valence-electron chi connectivity index (χ3n) is 13.3. The van der Waals surface area contributed by atoms with Crippen molar-refractivity contribution in [2.45, 2.75) is 121 Å². The van der Waals surface area contributed by atoms with Crippen LogP contribution in [-0.4, -0.2) is 172 Å². The van der Waals surface area contributed by atoms with Crippen LogP contribution in [0.3, 0.4) is 0 Å². The molecule has 2 aliphatic rings. The Hall–Kier alpha value is -7.58. The van der Waals surface area contributed by atoms with E-state index < -0.39 is 132 Å². The predicted octanol–water partition coefficient (Wildman–Crippen LogP) is 0.532. The summed E-state index contributed by atoms with van der Waals surface area (Å²) in [5, 5.41) is 48.5. The molecule has 0 saturated carbocycles. The first-order valence-corrected chi connectivity index (χ1v) is 26.3. The summed E-state index contributed by atoms with van der Waals surface area (Å²) in [6, 6.07) is 2.08. The Morgan fingerprint density at radius 3 is 2.14 bits per heavy atom. The van der Waals surface area contributed by atoms with Gasteiger partial charge in [0.05, 0.1) is 42.1 Å². The molecule has 0 bridgehead atoms. The van der Waals surface area contributed by atoms with Crippen molar-refractivity contribution in [3.8, 4) is 5.75 Å². The highest BCUT2D eigenvalue weighted by Crippen LogP contribution is 2.33. The van der Waals surface area contributed by atoms with Gasteiger partial charge in [-0.2, -0.15) is 4.73 Å². The Kier molecular flexibility index (Phi) is 22.6. The number of phenols is 1. The number of Topliss-reactive ketones (excluding diaryl/α,β-unsaturated/α-hetero) is 1. The summed E-state index contributed by atoms with van der Waals surface area (Å²) in [4.78, 5) is 140. The number of hydrogen-bond donors (Lipinski definition) is 10. The molecule has 25 nitrogen and oxygen atoms in total. The second-order valence-electron chi connectivity index (χ2n) is 19.6. The lowest BCUT2D eigenvalue weighted by Gasteiger charge is -2.34. The molecule has 2 aliphatic heterocycles. The molecule has 3 aromatic rings. The molecule has 11 unspecified atom stereocenters. The Morgan fingerprint density at radius 1 is 0.912 bits per heavy atom. The number of aromatic nitrogens is 1. The van der Waals surface area contributed by atoms with Crippen molar-refractivity contribution in [2.75, 3.05) is 33.4 Å². The van der Waals surface area contributed by atoms with Crippen molar-refractivity contribution < 1.29 is 77.6 Å². The molecule has 434 valence electrons. The third kappa shape index (κ3) is 17.2. The standard InChI is InChI=1S/C53H67Cl2N9O16/c1-8-27(2)40-47(71)62-43(33-14-16-34(67)17-15-33)51(75)63(7)37(22-32-12-10-9-11-13-32)46(70)60-41(30(5)66)48(72)58-36(25-78-21-20-53(26-79-53)19-18-38(68)56-23-28(3)65)52(76)80-31(6)42(49(73)59-40)61-45(69)29(4)57-50(74)44-39(55)35(54)24-64(44)77/h9-19,24,27,29-31,36-37,40-43,66-67,77H,8,20-23,25-26H2,1-7H3,(H,56,68)(H,57,74)(H,58,72)(H,59,73)(H,60,70)(H,61,69)(H,62,71)/b19-18+. The number of carbonyl (C=O) groups is 10. The molecule has 8 amide bonds. The zero-order chi connectivity index (χ0) is 59.2. The Labute approximate surface area is 470 Å². The van der Waals surface area contributed by atoms with Crippen molar-refractivity contribution in [1.29, 1.82) is 0 Å². The lowest BCUT2D eigenvalue weighted by molar-refractivity contribution is -0.158. The molecule has 0 radical (unpaired) electrons. The fraction of sp³-hybridized carbons (Fsp3) is 0.472. The summed E-state index contributed by atoms with van der Waals surface area (Å²) in [5.74, 6) is -10.2. The molecular weight excluding hydrogens is 1090 g/mol. The van der Waals surface area contributed by atoms with E-state index in [2.05, 4.69) is 37.2 Å². The number of esters is 1. The molecule has 5 rings (SSSR count). The monoisotopic (exact) mass is 1160 g/mol. The zero-order valence-corrected chi connectivity index (χ0v) is 46.5. The second-order valence-corrected chi connectivity index (χ2v) is 20.4. The number of aliphatic hydroxyl groups is 1. The van der Waals surface area contributed by atoms with Gasteiger partial charge in [-0.05, 0) is 62.9 Å². The number of nitrogens with zero attached hydrogens (tertiary/aromatic N) is 2. The third-order valence-corrected chi connectivity index (χ3v) is 14.1. The summed E-state index contributed by atoms with van der Waals surface area (Å²) in [6.07, 6.45) is 0.409. The smallest absolute Gasteiger partial charge is 0.331 e. The first-order chi connectivity index (χ1) is 37.8. The zero-order valence-electron chi connectivity index (χ0n) is 45.0. The maximum atomic E-state index is 15.0. The van der Waals surface area contributed by atoms with Gasteiger partial charge in [-0.25, -0.2) is 4.79 Å². The van der Waals surface area contributed by atoms with Gasteiger partial charge in [0.25, 0.3) is 5.91 Å². The number of cyclic esters (lactones) is 1. The van der Waals surface area contributed by atoms with E-state index in [0.717, 1.165) is 11.1 Å². The number of carbonyl (C=O) groups excluding carboxylic acids is 10. The number of epoxide rings is 1. The topological polar surface area (TPSA) is 355 Å². The SMILES string of the molecule is CCC(C)C1NC(=O)C(NC(=O)C(C)NC(=O)c2c(Cl)c(Cl)cn2O)C(C)OC(=O)C(COCCC2(/C=C/C(=O)NCC(C)=O)CO2)NC(=O)C(C(C)O)NC(=O)C(Cc2ccccc2)N(C)C(=O)C(c2ccc(O)cc2)NC1=O. The number of ether oxygens (including phenoxy) is 3. The Balaban J connectivity index is 1.57. The van der Waals surface area contributed by atoms with Gasteiger partial charge in [0.1, 0.15) is 59.5 Å². The van der Waals surface area contributed by atoms with E-state index in [1.807, 2.05) is 0 Å². The lowest BCUT2D eigenvalue weighted by atomic mass is 9.96. The molecule has 11 atom stereocenters. The number of likely N-dealkylation sites (N-methyl/N-ethyl adjacent to an activating group) is 1. The van der Waals surface area contributed by atoms with Crippen molar-refractivity contribution >= 4 is 82.2 Å². The van der Waals surface area contributed by atoms with Gasteiger partial charge in [0.15, 0.2) is 11.7 Å². The Morgan fingerprint density at radius 2 is 1.55 bits per heavy atom. The number of halogens is 2. The number of amides is 8. The van der Waals surface area contributed by atoms with Crippen LogP contribution in [0.25, 0.3) is 0 Å². The number of nitrogens with one attached hydrogen (secondary N) is 7. The molecule has 27 heteroatoms. The molecule has 1 aromatic heterocycles. The fourth-order valence-electron chi connectivity index (χ4n) is 8.16. The van der Waals surface area contributed by atoms with Crippen LogP contribution in [0.4, 0.5) is 0 Å². The van der Waals surface area contributed by atoms with Gasteiger partial charge in [-0.1, -0.05) is 85.9 Å². The summed E-state index contributed by atoms with van der Waals surface area (Å²) in [6.45, 7) is 7.37. The van der Waals surface area contributed by atoms with Crippen LogP contribution in [0.15, 0.2) is 72.9 Å². The van der Waals surface area contributed by atoms with Gasteiger partial charge < -0.3 is 71.7 Å². The van der Waals surface area contributed by atoms with E-state index in [-0.39, 0.29) is 66.2 Å². The van der Waals surface area contributed by atoms with E-state index in [4.69, 9.17) is 37.4 Å². The minimum atomic E-state index is -1.92. The van der Waals surface area contributed by atoms with Crippen molar-refractivity contribution in [2.24, 2.45) is 5.92 Å². The maximum absolute atomic E-state index is 15.0. The van der Waals surface area contributed by atoms with Gasteiger partial charge >= 0.3 is 5.97 Å². The van der Waals surface area contributed by atoms with Crippen LogP contribution < -0.4 is 37.2 Å². The van der Waals surface area contributed by atoms with E-state index in [1.54, 1.807) is 44.2 Å². The van der Waals surface area contributed by atoms with Crippen LogP contribution in [0.1, 0.15) is 82.0 Å². The number of hydrogen-bond acceptors (Lipinski definition) is 16. The van der Waals surface area contributed by atoms with Crippen LogP contribution >= 0.6 is 23.2 Å². The first kappa shape index (κ1) is 63.3. The van der Waals surface area contributed by atoms with E-state index in [9.17, 15) is 63.4 Å². The van der Waals surface area contributed by atoms with Crippen molar-refractivity contribution in [1.82, 2.24) is 46.8 Å². The molecule has 80 heavy (non-hydrogen) atoms. The number of rotatable bonds is 19. The van der Waals surface area contributed by atoms with Gasteiger partial charge in [0, 0.05) is 32.6 Å². The summed E-state index contributed by atoms with van der Waals surface area (Å²) in [7, 11) is 1.28. The highest BCUT2D eigenvalue weighted by molar-refractivity contribution is 6.44. The number of phenolic OH excluding ortho intramolecular Hbond substituents is 1. The van der Waals surface area contributed by atoms with Gasteiger partial charge in [-0.15, -0.1) is 0 Å². The van der Waals surface area contributed by atoms with Crippen LogP contribution in [0.2, 0.25) is 10.0 Å². The molecule has 0 aliphatic carbocycles. The Bertz CT molecular complexity index is 2790. The largest absolute Gasteiger partial charge is 0.508 e. The number of aromatic hydroxyl groups is 1. The summed E-state index contributed by atoms with van der Waals surface area (Å²) < 4.78 is 17.6. The van der Waals surface area contributed by atoms with E-state index in [1.165, 1.54) is 71.2 Å². The number of ketones is 1. The lowest BCUT2D eigenvalue weighted by Crippen LogP contribution is -2.61. The van der Waals surface area contributed by atoms with Crippen LogP contribution in [-0.2, 0) is 63.8 Å². The highest BCUT2D eigenvalue weighted by atomic mass is 35.5. The van der Waals surface area contributed by atoms with Crippen molar-refractivity contribution in [3.63, 3.8) is 0 Å². The summed E-state index contributed by atoms with van der Waals surface area (Å²) in [5.41, 5.74) is -0.809. The summed E-state index contributed by atoms with van der Waals surface area (Å²) >= 11 is 12.1. The highest BCUT2D eigenvalue weighted by Gasteiger charge is 2.43. The minimum Gasteiger partial charge on any atom is -0.508 e. The molecule has 2 fully saturated rings. The molecule has 0 spiro atoms. The average molecular weight is 1160 g/mol. The van der Waals surface area contributed by atoms with E-state index >= 15 is 0 Å². The first-order valence-electron chi connectivity index (χ1n) is 25.5. The fourth-order valence-corrected chi connectivity index (χ4v) is 8.56. The van der Waals surface area contributed by atoms with E-state index in [0.29, 0.717) is 10.3 Å². The molecule has 10 N–H and O–H groups in total. The quantitative estimate of drug-likeness (QED) is 0.0257. The minimum absolute atomic E-state index is 0.113. The van der Waals surface area contributed by atoms with Gasteiger partial charge in [-0.3, -0.25) is 43.2 Å². The molecule has 3 heterocycles. The molecule has 2 aromatic carbocycles.